The molecule has 0 fully saturated rings. The third-order valence-corrected chi connectivity index (χ3v) is 3.80. The quantitative estimate of drug-likeness (QED) is 0.526. The van der Waals surface area contributed by atoms with Crippen molar-refractivity contribution < 1.29 is 24.2 Å². The number of anilines is 1. The molecule has 138 valence electrons. The van der Waals surface area contributed by atoms with Crippen LogP contribution in [0.15, 0.2) is 42.6 Å². The molecule has 0 spiro atoms. The normalized spacial score (nSPS) is 11.5. The molecule has 2 amide bonds. The van der Waals surface area contributed by atoms with E-state index in [1.807, 2.05) is 19.3 Å². The first-order chi connectivity index (χ1) is 12.4. The number of carbonyl (C=O) groups is 3. The molecule has 26 heavy (non-hydrogen) atoms. The highest BCUT2D eigenvalue weighted by Crippen LogP contribution is 2.15. The second kappa shape index (κ2) is 8.82. The van der Waals surface area contributed by atoms with Crippen LogP contribution in [0.5, 0.6) is 0 Å². The Morgan fingerprint density at radius 1 is 1.15 bits per heavy atom. The van der Waals surface area contributed by atoms with Gasteiger partial charge in [-0.25, -0.2) is 4.79 Å². The van der Waals surface area contributed by atoms with Gasteiger partial charge in [0.25, 0.3) is 0 Å². The predicted octanol–water partition coefficient (Wildman–Crippen LogP) is 0.990. The molecule has 2 rings (SSSR count). The van der Waals surface area contributed by atoms with E-state index in [2.05, 4.69) is 15.4 Å². The van der Waals surface area contributed by atoms with Crippen LogP contribution in [0.2, 0.25) is 0 Å². The summed E-state index contributed by atoms with van der Waals surface area (Å²) in [6.07, 6.45) is 1.37. The summed E-state index contributed by atoms with van der Waals surface area (Å²) in [4.78, 5) is 35.0. The lowest BCUT2D eigenvalue weighted by Gasteiger charge is -2.12. The molecule has 3 N–H and O–H groups in total. The number of nitrogens with zero attached hydrogens (tertiary/aromatic N) is 1. The highest BCUT2D eigenvalue weighted by molar-refractivity contribution is 6.39. The van der Waals surface area contributed by atoms with Crippen molar-refractivity contribution in [1.29, 1.82) is 0 Å². The molecule has 0 aliphatic carbocycles. The monoisotopic (exact) mass is 359 g/mol. The molecule has 0 saturated heterocycles. The molecular formula is C18H21N3O5. The lowest BCUT2D eigenvalue weighted by atomic mass is 10.2. The molecule has 1 atom stereocenters. The van der Waals surface area contributed by atoms with Gasteiger partial charge in [0.2, 0.25) is 0 Å². The van der Waals surface area contributed by atoms with Gasteiger partial charge in [0.05, 0.1) is 18.8 Å². The number of hydrogen-bond acceptors (Lipinski definition) is 5. The number of aryl methyl sites for hydroxylation is 1. The van der Waals surface area contributed by atoms with Gasteiger partial charge in [0.15, 0.2) is 0 Å². The average molecular weight is 359 g/mol. The van der Waals surface area contributed by atoms with E-state index >= 15 is 0 Å². The van der Waals surface area contributed by atoms with Gasteiger partial charge in [-0.15, -0.1) is 0 Å². The third-order valence-electron chi connectivity index (χ3n) is 3.80. The molecule has 8 nitrogen and oxygen atoms in total. The number of rotatable bonds is 6. The number of benzene rings is 1. The number of esters is 1. The maximum absolute atomic E-state index is 11.9. The fourth-order valence-electron chi connectivity index (χ4n) is 2.37. The summed E-state index contributed by atoms with van der Waals surface area (Å²) in [6.45, 7) is 0.153. The molecule has 0 bridgehead atoms. The first-order valence-corrected chi connectivity index (χ1v) is 7.99. The van der Waals surface area contributed by atoms with E-state index in [1.165, 1.54) is 31.4 Å². The summed E-state index contributed by atoms with van der Waals surface area (Å²) in [5, 5.41) is 14.9. The molecule has 0 aliphatic rings. The molecule has 0 aliphatic heterocycles. The van der Waals surface area contributed by atoms with E-state index in [0.717, 1.165) is 5.69 Å². The molecule has 1 heterocycles. The number of aliphatic hydroxyl groups excluding tert-OH is 1. The minimum Gasteiger partial charge on any atom is -0.465 e. The molecule has 8 heteroatoms. The summed E-state index contributed by atoms with van der Waals surface area (Å²) in [7, 11) is 3.09. The van der Waals surface area contributed by atoms with Crippen LogP contribution in [-0.4, -0.2) is 41.1 Å². The van der Waals surface area contributed by atoms with Gasteiger partial charge in [-0.05, 0) is 42.8 Å². The third kappa shape index (κ3) is 4.93. The van der Waals surface area contributed by atoms with Gasteiger partial charge in [-0.2, -0.15) is 0 Å². The van der Waals surface area contributed by atoms with Gasteiger partial charge in [0.1, 0.15) is 0 Å². The van der Waals surface area contributed by atoms with E-state index in [9.17, 15) is 19.5 Å². The smallest absolute Gasteiger partial charge is 0.337 e. The van der Waals surface area contributed by atoms with Crippen molar-refractivity contribution in [2.24, 2.45) is 7.05 Å². The maximum Gasteiger partial charge on any atom is 0.337 e. The number of methoxy groups -OCH3 is 1. The van der Waals surface area contributed by atoms with Gasteiger partial charge in [-0.3, -0.25) is 9.59 Å². The zero-order valence-electron chi connectivity index (χ0n) is 14.6. The number of hydrogen-bond donors (Lipinski definition) is 3. The highest BCUT2D eigenvalue weighted by atomic mass is 16.5. The second-order valence-electron chi connectivity index (χ2n) is 5.63. The number of amides is 2. The Bertz CT molecular complexity index is 782. The summed E-state index contributed by atoms with van der Waals surface area (Å²) < 4.78 is 6.37. The van der Waals surface area contributed by atoms with Crippen molar-refractivity contribution in [3.8, 4) is 0 Å². The Morgan fingerprint density at radius 3 is 2.42 bits per heavy atom. The van der Waals surface area contributed by atoms with E-state index in [-0.39, 0.29) is 13.0 Å². The molecule has 1 aromatic carbocycles. The van der Waals surface area contributed by atoms with Crippen LogP contribution in [-0.2, 0) is 21.4 Å². The van der Waals surface area contributed by atoms with Crippen LogP contribution in [0.1, 0.15) is 28.6 Å². The Morgan fingerprint density at radius 2 is 1.85 bits per heavy atom. The van der Waals surface area contributed by atoms with Crippen LogP contribution in [0, 0.1) is 0 Å². The van der Waals surface area contributed by atoms with Crippen molar-refractivity contribution in [2.45, 2.75) is 12.5 Å². The zero-order valence-corrected chi connectivity index (χ0v) is 14.6. The number of aromatic nitrogens is 1. The summed E-state index contributed by atoms with van der Waals surface area (Å²) in [5.74, 6) is -2.12. The number of carbonyl (C=O) groups excluding carboxylic acids is 3. The summed E-state index contributed by atoms with van der Waals surface area (Å²) in [5.41, 5.74) is 1.45. The molecule has 0 saturated carbocycles. The van der Waals surface area contributed by atoms with Gasteiger partial charge in [-0.1, -0.05) is 0 Å². The van der Waals surface area contributed by atoms with E-state index in [0.29, 0.717) is 11.3 Å². The highest BCUT2D eigenvalue weighted by Gasteiger charge is 2.15. The van der Waals surface area contributed by atoms with Crippen molar-refractivity contribution >= 4 is 23.5 Å². The Hall–Kier alpha value is -3.13. The zero-order chi connectivity index (χ0) is 19.1. The molecule has 0 radical (unpaired) electrons. The fraction of sp³-hybridized carbons (Fsp3) is 0.278. The molecule has 1 unspecified atom stereocenters. The summed E-state index contributed by atoms with van der Waals surface area (Å²) in [6, 6.07) is 9.56. The first-order valence-electron chi connectivity index (χ1n) is 7.99. The number of ether oxygens (including phenoxy) is 1. The van der Waals surface area contributed by atoms with Crippen LogP contribution >= 0.6 is 0 Å². The Balaban J connectivity index is 1.79. The van der Waals surface area contributed by atoms with Crippen molar-refractivity contribution in [1.82, 2.24) is 9.88 Å². The van der Waals surface area contributed by atoms with E-state index in [4.69, 9.17) is 0 Å². The number of nitrogens with one attached hydrogen (secondary N) is 2. The minimum atomic E-state index is -0.829. The van der Waals surface area contributed by atoms with Crippen LogP contribution in [0.4, 0.5) is 5.69 Å². The standard InChI is InChI=1S/C18H21N3O5/c1-21-11-3-4-14(21)15(22)9-10-19-16(23)17(24)20-13-7-5-12(6-8-13)18(25)26-2/h3-8,11,15,22H,9-10H2,1-2H3,(H,19,23)(H,20,24). The minimum absolute atomic E-state index is 0.153. The average Bonchev–Trinajstić information content (AvgIpc) is 3.07. The SMILES string of the molecule is COC(=O)c1ccc(NC(=O)C(=O)NCCC(O)c2cccn2C)cc1. The lowest BCUT2D eigenvalue weighted by Crippen LogP contribution is -2.36. The van der Waals surface area contributed by atoms with Crippen LogP contribution < -0.4 is 10.6 Å². The Labute approximate surface area is 150 Å². The fourth-order valence-corrected chi connectivity index (χ4v) is 2.37. The van der Waals surface area contributed by atoms with Gasteiger partial charge >= 0.3 is 17.8 Å². The molecule has 2 aromatic rings. The van der Waals surface area contributed by atoms with E-state index in [1.54, 1.807) is 10.6 Å². The molecule has 1 aromatic heterocycles. The van der Waals surface area contributed by atoms with Crippen molar-refractivity contribution in [2.75, 3.05) is 19.0 Å². The molecular weight excluding hydrogens is 338 g/mol. The topological polar surface area (TPSA) is 110 Å². The van der Waals surface area contributed by atoms with Gasteiger partial charge in [0, 0.05) is 31.2 Å². The van der Waals surface area contributed by atoms with Crippen LogP contribution in [0.3, 0.4) is 0 Å². The largest absolute Gasteiger partial charge is 0.465 e. The van der Waals surface area contributed by atoms with Crippen molar-refractivity contribution in [3.05, 3.63) is 53.9 Å². The van der Waals surface area contributed by atoms with Crippen molar-refractivity contribution in [3.63, 3.8) is 0 Å². The predicted molar refractivity (Wildman–Crippen MR) is 94.4 cm³/mol. The second-order valence-corrected chi connectivity index (χ2v) is 5.63. The maximum atomic E-state index is 11.9. The Kier molecular flexibility index (Phi) is 6.51. The lowest BCUT2D eigenvalue weighted by molar-refractivity contribution is -0.136. The summed E-state index contributed by atoms with van der Waals surface area (Å²) >= 11 is 0. The van der Waals surface area contributed by atoms with Crippen LogP contribution in [0.25, 0.3) is 0 Å². The van der Waals surface area contributed by atoms with Gasteiger partial charge < -0.3 is 25.0 Å². The number of aliphatic hydroxyl groups is 1. The first kappa shape index (κ1) is 19.2. The van der Waals surface area contributed by atoms with E-state index < -0.39 is 23.9 Å².